The third-order valence-electron chi connectivity index (χ3n) is 1.01. The first-order valence-corrected chi connectivity index (χ1v) is 2.90. The van der Waals surface area contributed by atoms with E-state index in [9.17, 15) is 0 Å². The monoisotopic (exact) mass is 116 g/mol. The second-order valence-electron chi connectivity index (χ2n) is 1.69. The summed E-state index contributed by atoms with van der Waals surface area (Å²) >= 11 is 4.88. The molecule has 2 heteroatoms. The molecule has 1 rings (SSSR count). The molecule has 0 radical (unpaired) electrons. The fourth-order valence-corrected chi connectivity index (χ4v) is 0.857. The lowest BCUT2D eigenvalue weighted by molar-refractivity contribution is 0.156. The summed E-state index contributed by atoms with van der Waals surface area (Å²) in [6.07, 6.45) is 2.22. The highest BCUT2D eigenvalue weighted by atomic mass is 32.1. The van der Waals surface area contributed by atoms with Crippen LogP contribution in [0.4, 0.5) is 0 Å². The standard InChI is InChI=1S/C5H8OS/c7-5-2-1-3-6-4-5/h1-4H2. The predicted octanol–water partition coefficient (Wildman–Crippen LogP) is 1.17. The van der Waals surface area contributed by atoms with Crippen molar-refractivity contribution in [3.05, 3.63) is 0 Å². The van der Waals surface area contributed by atoms with Crippen molar-refractivity contribution < 1.29 is 4.74 Å². The number of rotatable bonds is 0. The molecule has 1 heterocycles. The van der Waals surface area contributed by atoms with E-state index in [1.807, 2.05) is 0 Å². The Labute approximate surface area is 48.7 Å². The Bertz CT molecular complexity index is 72.1. The molecule has 1 nitrogen and oxygen atoms in total. The van der Waals surface area contributed by atoms with Gasteiger partial charge in [0.25, 0.3) is 0 Å². The maximum Gasteiger partial charge on any atom is 0.0779 e. The maximum atomic E-state index is 5.04. The Kier molecular flexibility index (Phi) is 1.77. The van der Waals surface area contributed by atoms with Gasteiger partial charge in [-0.2, -0.15) is 0 Å². The second kappa shape index (κ2) is 2.38. The number of hydrogen-bond donors (Lipinski definition) is 0. The third kappa shape index (κ3) is 1.53. The summed E-state index contributed by atoms with van der Waals surface area (Å²) in [5.41, 5.74) is 0. The van der Waals surface area contributed by atoms with Crippen molar-refractivity contribution in [2.45, 2.75) is 12.8 Å². The fraction of sp³-hybridized carbons (Fsp3) is 0.800. The lowest BCUT2D eigenvalue weighted by atomic mass is 10.2. The molecular formula is C5H8OS. The molecule has 1 saturated heterocycles. The van der Waals surface area contributed by atoms with Gasteiger partial charge in [0.2, 0.25) is 0 Å². The summed E-state index contributed by atoms with van der Waals surface area (Å²) < 4.78 is 5.04. The van der Waals surface area contributed by atoms with Gasteiger partial charge in [-0.3, -0.25) is 0 Å². The van der Waals surface area contributed by atoms with Crippen molar-refractivity contribution >= 4 is 17.1 Å². The van der Waals surface area contributed by atoms with E-state index in [4.69, 9.17) is 17.0 Å². The van der Waals surface area contributed by atoms with Crippen molar-refractivity contribution in [3.63, 3.8) is 0 Å². The van der Waals surface area contributed by atoms with E-state index < -0.39 is 0 Å². The lowest BCUT2D eigenvalue weighted by Gasteiger charge is -2.10. The molecule has 7 heavy (non-hydrogen) atoms. The molecule has 0 aromatic carbocycles. The zero-order valence-corrected chi connectivity index (χ0v) is 4.96. The molecule has 0 saturated carbocycles. The van der Waals surface area contributed by atoms with Gasteiger partial charge in [-0.1, -0.05) is 12.2 Å². The Balaban J connectivity index is 2.25. The minimum atomic E-state index is 0.718. The minimum Gasteiger partial charge on any atom is -0.376 e. The summed E-state index contributed by atoms with van der Waals surface area (Å²) in [5.74, 6) is 0. The third-order valence-corrected chi connectivity index (χ3v) is 1.33. The van der Waals surface area contributed by atoms with Crippen LogP contribution in [0.25, 0.3) is 0 Å². The molecule has 0 atom stereocenters. The summed E-state index contributed by atoms with van der Waals surface area (Å²) in [6.45, 7) is 1.62. The summed E-state index contributed by atoms with van der Waals surface area (Å²) in [7, 11) is 0. The largest absolute Gasteiger partial charge is 0.376 e. The number of hydrogen-bond acceptors (Lipinski definition) is 2. The maximum absolute atomic E-state index is 5.04. The van der Waals surface area contributed by atoms with Crippen molar-refractivity contribution in [3.8, 4) is 0 Å². The van der Waals surface area contributed by atoms with Crippen molar-refractivity contribution in [2.24, 2.45) is 0 Å². The zero-order valence-electron chi connectivity index (χ0n) is 4.14. The van der Waals surface area contributed by atoms with Crippen LogP contribution in [0, 0.1) is 0 Å². The first-order chi connectivity index (χ1) is 3.39. The smallest absolute Gasteiger partial charge is 0.0779 e. The van der Waals surface area contributed by atoms with E-state index in [0.717, 1.165) is 30.9 Å². The van der Waals surface area contributed by atoms with Crippen LogP contribution in [0.1, 0.15) is 12.8 Å². The van der Waals surface area contributed by atoms with Crippen LogP contribution < -0.4 is 0 Å². The minimum absolute atomic E-state index is 0.718. The van der Waals surface area contributed by atoms with Gasteiger partial charge < -0.3 is 4.74 Å². The Morgan fingerprint density at radius 1 is 1.57 bits per heavy atom. The van der Waals surface area contributed by atoms with Crippen molar-refractivity contribution in [1.29, 1.82) is 0 Å². The quantitative estimate of drug-likeness (QED) is 0.439. The molecule has 0 aliphatic carbocycles. The van der Waals surface area contributed by atoms with Gasteiger partial charge in [-0.25, -0.2) is 0 Å². The first-order valence-electron chi connectivity index (χ1n) is 2.49. The van der Waals surface area contributed by atoms with E-state index in [-0.39, 0.29) is 0 Å². The van der Waals surface area contributed by atoms with Crippen LogP contribution >= 0.6 is 12.2 Å². The molecule has 0 bridgehead atoms. The van der Waals surface area contributed by atoms with Crippen LogP contribution in [0.2, 0.25) is 0 Å². The van der Waals surface area contributed by atoms with Gasteiger partial charge in [0, 0.05) is 11.5 Å². The molecule has 1 aliphatic heterocycles. The van der Waals surface area contributed by atoms with E-state index in [0.29, 0.717) is 0 Å². The Morgan fingerprint density at radius 3 is 2.71 bits per heavy atom. The van der Waals surface area contributed by atoms with E-state index >= 15 is 0 Å². The molecule has 1 aliphatic rings. The van der Waals surface area contributed by atoms with Gasteiger partial charge >= 0.3 is 0 Å². The van der Waals surface area contributed by atoms with Crippen LogP contribution in [0.3, 0.4) is 0 Å². The van der Waals surface area contributed by atoms with Gasteiger partial charge in [-0.05, 0) is 12.8 Å². The molecule has 0 spiro atoms. The lowest BCUT2D eigenvalue weighted by Crippen LogP contribution is -2.13. The SMILES string of the molecule is S=C1CCCOC1. The van der Waals surface area contributed by atoms with Crippen LogP contribution in [-0.4, -0.2) is 18.1 Å². The molecule has 1 fully saturated rings. The zero-order chi connectivity index (χ0) is 5.11. The number of ether oxygens (including phenoxy) is 1. The average Bonchev–Trinajstić information content (AvgIpc) is 1.69. The fourth-order valence-electron chi connectivity index (χ4n) is 0.630. The first kappa shape index (κ1) is 5.19. The normalized spacial score (nSPS) is 22.6. The van der Waals surface area contributed by atoms with Crippen molar-refractivity contribution in [1.82, 2.24) is 0 Å². The molecule has 0 aromatic heterocycles. The highest BCUT2D eigenvalue weighted by molar-refractivity contribution is 7.80. The van der Waals surface area contributed by atoms with E-state index in [2.05, 4.69) is 0 Å². The van der Waals surface area contributed by atoms with Crippen LogP contribution in [0.15, 0.2) is 0 Å². The molecule has 0 N–H and O–H groups in total. The molecule has 0 amide bonds. The second-order valence-corrected chi connectivity index (χ2v) is 2.27. The van der Waals surface area contributed by atoms with Crippen LogP contribution in [0.5, 0.6) is 0 Å². The summed E-state index contributed by atoms with van der Waals surface area (Å²) in [6, 6.07) is 0. The summed E-state index contributed by atoms with van der Waals surface area (Å²) in [5, 5.41) is 0. The van der Waals surface area contributed by atoms with Gasteiger partial charge in [0.15, 0.2) is 0 Å². The van der Waals surface area contributed by atoms with E-state index in [1.165, 1.54) is 0 Å². The number of thiocarbonyl (C=S) groups is 1. The molecule has 0 unspecified atom stereocenters. The Morgan fingerprint density at radius 2 is 2.43 bits per heavy atom. The topological polar surface area (TPSA) is 9.23 Å². The molecular weight excluding hydrogens is 108 g/mol. The summed E-state index contributed by atoms with van der Waals surface area (Å²) in [4.78, 5) is 1.08. The van der Waals surface area contributed by atoms with Gasteiger partial charge in [-0.15, -0.1) is 0 Å². The average molecular weight is 116 g/mol. The highest BCUT2D eigenvalue weighted by Gasteiger charge is 2.02. The highest BCUT2D eigenvalue weighted by Crippen LogP contribution is 2.01. The molecule has 0 aromatic rings. The predicted molar refractivity (Wildman–Crippen MR) is 32.7 cm³/mol. The van der Waals surface area contributed by atoms with Crippen LogP contribution in [-0.2, 0) is 4.74 Å². The van der Waals surface area contributed by atoms with Crippen molar-refractivity contribution in [2.75, 3.05) is 13.2 Å². The van der Waals surface area contributed by atoms with Gasteiger partial charge in [0.1, 0.15) is 0 Å². The van der Waals surface area contributed by atoms with E-state index in [1.54, 1.807) is 0 Å². The molecule has 40 valence electrons. The van der Waals surface area contributed by atoms with Gasteiger partial charge in [0.05, 0.1) is 6.61 Å². The Hall–Kier alpha value is 0.0500.